The van der Waals surface area contributed by atoms with Crippen molar-refractivity contribution >= 4 is 5.78 Å². The lowest BCUT2D eigenvalue weighted by molar-refractivity contribution is -0.124. The summed E-state index contributed by atoms with van der Waals surface area (Å²) in [6, 6.07) is 0. The second-order valence-corrected chi connectivity index (χ2v) is 6.37. The predicted molar refractivity (Wildman–Crippen MR) is 62.6 cm³/mol. The summed E-state index contributed by atoms with van der Waals surface area (Å²) in [5, 5.41) is 0. The van der Waals surface area contributed by atoms with E-state index in [0.29, 0.717) is 17.1 Å². The molecule has 1 nitrogen and oxygen atoms in total. The van der Waals surface area contributed by atoms with Crippen LogP contribution in [0, 0.1) is 23.2 Å². The number of fused-ring (bicyclic) bond motifs is 1. The van der Waals surface area contributed by atoms with Crippen LogP contribution < -0.4 is 0 Å². The van der Waals surface area contributed by atoms with Gasteiger partial charge in [0.05, 0.1) is 0 Å². The van der Waals surface area contributed by atoms with Gasteiger partial charge in [-0.2, -0.15) is 0 Å². The van der Waals surface area contributed by atoms with Crippen molar-refractivity contribution in [3.63, 3.8) is 0 Å². The van der Waals surface area contributed by atoms with Crippen molar-refractivity contribution in [2.24, 2.45) is 23.2 Å². The fourth-order valence-corrected chi connectivity index (χ4v) is 3.91. The third-order valence-electron chi connectivity index (χ3n) is 4.97. The van der Waals surface area contributed by atoms with Gasteiger partial charge in [-0.15, -0.1) is 0 Å². The molecule has 0 N–H and O–H groups in total. The highest BCUT2D eigenvalue weighted by atomic mass is 16.1. The molecule has 0 bridgehead atoms. The Hall–Kier alpha value is -0.330. The molecule has 2 aliphatic rings. The molecule has 0 spiro atoms. The van der Waals surface area contributed by atoms with Crippen LogP contribution in [-0.2, 0) is 4.79 Å². The Balaban J connectivity index is 2.10. The maximum atomic E-state index is 11.5. The van der Waals surface area contributed by atoms with Crippen molar-refractivity contribution in [2.75, 3.05) is 0 Å². The van der Waals surface area contributed by atoms with Crippen LogP contribution in [0.4, 0.5) is 0 Å². The Morgan fingerprint density at radius 3 is 2.60 bits per heavy atom. The zero-order chi connectivity index (χ0) is 11.1. The smallest absolute Gasteiger partial charge is 0.132 e. The maximum Gasteiger partial charge on any atom is 0.132 e. The number of ketones is 1. The third-order valence-corrected chi connectivity index (χ3v) is 4.97. The quantitative estimate of drug-likeness (QED) is 0.640. The molecule has 15 heavy (non-hydrogen) atoms. The number of rotatable bonds is 1. The second kappa shape index (κ2) is 3.92. The number of Topliss-reactive ketones (excluding diaryl/α,β-unsaturated/α-hetero) is 1. The van der Waals surface area contributed by atoms with Crippen molar-refractivity contribution in [3.05, 3.63) is 0 Å². The van der Waals surface area contributed by atoms with Crippen molar-refractivity contribution < 1.29 is 4.79 Å². The normalized spacial score (nSPS) is 39.5. The van der Waals surface area contributed by atoms with E-state index in [1.54, 1.807) is 6.92 Å². The zero-order valence-electron chi connectivity index (χ0n) is 10.4. The Bertz CT molecular complexity index is 254. The van der Waals surface area contributed by atoms with Gasteiger partial charge >= 0.3 is 0 Å². The van der Waals surface area contributed by atoms with E-state index in [2.05, 4.69) is 13.8 Å². The minimum Gasteiger partial charge on any atom is -0.300 e. The highest BCUT2D eigenvalue weighted by molar-refractivity contribution is 5.78. The first kappa shape index (κ1) is 11.2. The topological polar surface area (TPSA) is 17.1 Å². The molecule has 2 aliphatic carbocycles. The summed E-state index contributed by atoms with van der Waals surface area (Å²) in [5.41, 5.74) is 0.483. The first-order valence-corrected chi connectivity index (χ1v) is 6.51. The van der Waals surface area contributed by atoms with Crippen LogP contribution in [0.5, 0.6) is 0 Å². The van der Waals surface area contributed by atoms with Crippen molar-refractivity contribution in [1.82, 2.24) is 0 Å². The number of carbonyl (C=O) groups is 1. The van der Waals surface area contributed by atoms with Crippen molar-refractivity contribution in [3.8, 4) is 0 Å². The Kier molecular flexibility index (Phi) is 2.92. The molecule has 0 aromatic rings. The molecule has 2 fully saturated rings. The van der Waals surface area contributed by atoms with Gasteiger partial charge in [0, 0.05) is 5.92 Å². The van der Waals surface area contributed by atoms with Crippen LogP contribution >= 0.6 is 0 Å². The highest BCUT2D eigenvalue weighted by Gasteiger charge is 2.42. The van der Waals surface area contributed by atoms with Crippen LogP contribution in [0.15, 0.2) is 0 Å². The molecular formula is C14H24O. The summed E-state index contributed by atoms with van der Waals surface area (Å²) in [4.78, 5) is 11.5. The number of hydrogen-bond acceptors (Lipinski definition) is 1. The van der Waals surface area contributed by atoms with E-state index in [1.165, 1.54) is 32.1 Å². The summed E-state index contributed by atoms with van der Waals surface area (Å²) in [6.45, 7) is 6.60. The van der Waals surface area contributed by atoms with E-state index in [9.17, 15) is 4.79 Å². The monoisotopic (exact) mass is 208 g/mol. The molecule has 3 atom stereocenters. The van der Waals surface area contributed by atoms with Crippen LogP contribution in [0.25, 0.3) is 0 Å². The Labute approximate surface area is 93.6 Å². The molecular weight excluding hydrogens is 184 g/mol. The van der Waals surface area contributed by atoms with Gasteiger partial charge in [0.25, 0.3) is 0 Å². The fraction of sp³-hybridized carbons (Fsp3) is 0.929. The van der Waals surface area contributed by atoms with Gasteiger partial charge < -0.3 is 0 Å². The first-order chi connectivity index (χ1) is 7.00. The fourth-order valence-electron chi connectivity index (χ4n) is 3.91. The van der Waals surface area contributed by atoms with Gasteiger partial charge in [0.2, 0.25) is 0 Å². The number of hydrogen-bond donors (Lipinski definition) is 0. The van der Waals surface area contributed by atoms with Gasteiger partial charge in [0.1, 0.15) is 5.78 Å². The summed E-state index contributed by atoms with van der Waals surface area (Å²) in [6.07, 6.45) is 7.81. The Morgan fingerprint density at radius 1 is 1.20 bits per heavy atom. The summed E-state index contributed by atoms with van der Waals surface area (Å²) in [5.74, 6) is 2.54. The second-order valence-electron chi connectivity index (χ2n) is 6.37. The standard InChI is InChI=1S/C14H24O/c1-10(15)12-7-6-11-5-4-8-14(2,3)13(11)9-12/h11-13H,4-9H2,1-3H3/t11-,12+,13-/m1/s1. The molecule has 0 unspecified atom stereocenters. The molecule has 0 heterocycles. The SMILES string of the molecule is CC(=O)[C@H]1CC[C@H]2CCCC(C)(C)[C@@H]2C1. The lowest BCUT2D eigenvalue weighted by atomic mass is 9.57. The van der Waals surface area contributed by atoms with E-state index < -0.39 is 0 Å². The molecule has 86 valence electrons. The van der Waals surface area contributed by atoms with Gasteiger partial charge in [-0.25, -0.2) is 0 Å². The lowest BCUT2D eigenvalue weighted by Crippen LogP contribution is -2.40. The minimum absolute atomic E-state index is 0.378. The summed E-state index contributed by atoms with van der Waals surface area (Å²) < 4.78 is 0. The molecule has 0 aliphatic heterocycles. The average Bonchev–Trinajstić information content (AvgIpc) is 2.17. The van der Waals surface area contributed by atoms with Gasteiger partial charge in [-0.1, -0.05) is 26.7 Å². The zero-order valence-corrected chi connectivity index (χ0v) is 10.4. The van der Waals surface area contributed by atoms with Gasteiger partial charge in [0.15, 0.2) is 0 Å². The molecule has 0 aromatic heterocycles. The average molecular weight is 208 g/mol. The molecule has 0 radical (unpaired) electrons. The number of carbonyl (C=O) groups excluding carboxylic acids is 1. The minimum atomic E-state index is 0.378. The van der Waals surface area contributed by atoms with Crippen LogP contribution in [-0.4, -0.2) is 5.78 Å². The lowest BCUT2D eigenvalue weighted by Gasteiger charge is -2.48. The molecule has 0 saturated heterocycles. The summed E-state index contributed by atoms with van der Waals surface area (Å²) in [7, 11) is 0. The highest BCUT2D eigenvalue weighted by Crippen LogP contribution is 2.51. The van der Waals surface area contributed by atoms with Crippen LogP contribution in [0.3, 0.4) is 0 Å². The molecule has 0 aromatic carbocycles. The van der Waals surface area contributed by atoms with E-state index in [0.717, 1.165) is 18.3 Å². The van der Waals surface area contributed by atoms with Gasteiger partial charge in [-0.05, 0) is 49.9 Å². The largest absolute Gasteiger partial charge is 0.300 e. The van der Waals surface area contributed by atoms with E-state index in [-0.39, 0.29) is 0 Å². The maximum absolute atomic E-state index is 11.5. The van der Waals surface area contributed by atoms with E-state index in [4.69, 9.17) is 0 Å². The summed E-state index contributed by atoms with van der Waals surface area (Å²) >= 11 is 0. The Morgan fingerprint density at radius 2 is 1.93 bits per heavy atom. The van der Waals surface area contributed by atoms with E-state index in [1.807, 2.05) is 0 Å². The van der Waals surface area contributed by atoms with Crippen molar-refractivity contribution in [2.45, 2.75) is 59.3 Å². The van der Waals surface area contributed by atoms with E-state index >= 15 is 0 Å². The van der Waals surface area contributed by atoms with Crippen LogP contribution in [0.2, 0.25) is 0 Å². The third kappa shape index (κ3) is 2.11. The molecule has 2 rings (SSSR count). The predicted octanol–water partition coefficient (Wildman–Crippen LogP) is 3.82. The molecule has 2 saturated carbocycles. The molecule has 0 amide bonds. The van der Waals surface area contributed by atoms with Crippen molar-refractivity contribution in [1.29, 1.82) is 0 Å². The van der Waals surface area contributed by atoms with Crippen LogP contribution in [0.1, 0.15) is 59.3 Å². The van der Waals surface area contributed by atoms with Gasteiger partial charge in [-0.3, -0.25) is 4.79 Å². The molecule has 1 heteroatoms. The first-order valence-electron chi connectivity index (χ1n) is 6.51.